The number of carbonyl (C=O) groups excluding carboxylic acids is 3. The highest BCUT2D eigenvalue weighted by atomic mass is 33.1. The number of nitrogens with zero attached hydrogens (tertiary/aromatic N) is 1. The van der Waals surface area contributed by atoms with Crippen molar-refractivity contribution in [1.29, 1.82) is 0 Å². The minimum absolute atomic E-state index is 0.0625. The molecule has 0 heterocycles. The van der Waals surface area contributed by atoms with Crippen molar-refractivity contribution < 1.29 is 28.6 Å². The van der Waals surface area contributed by atoms with Crippen LogP contribution in [0.3, 0.4) is 0 Å². The molecule has 0 aromatic heterocycles. The minimum Gasteiger partial charge on any atom is -0.465 e. The Kier molecular flexibility index (Phi) is 44.7. The van der Waals surface area contributed by atoms with Gasteiger partial charge in [-0.1, -0.05) is 241 Å². The van der Waals surface area contributed by atoms with Crippen molar-refractivity contribution in [3.63, 3.8) is 0 Å². The van der Waals surface area contributed by atoms with Crippen molar-refractivity contribution >= 4 is 39.5 Å². The molecule has 0 saturated carbocycles. The third kappa shape index (κ3) is 39.9. The quantitative estimate of drug-likeness (QED) is 0.0274. The number of ether oxygens (including phenoxy) is 3. The van der Waals surface area contributed by atoms with E-state index in [4.69, 9.17) is 14.2 Å². The van der Waals surface area contributed by atoms with Gasteiger partial charge in [-0.15, -0.1) is 0 Å². The number of hydrogen-bond acceptors (Lipinski definition) is 9. The first-order valence-corrected chi connectivity index (χ1v) is 30.0. The van der Waals surface area contributed by atoms with Gasteiger partial charge in [-0.25, -0.2) is 0 Å². The number of rotatable bonds is 49. The van der Waals surface area contributed by atoms with Crippen LogP contribution in [0.5, 0.6) is 5.75 Å². The van der Waals surface area contributed by atoms with Gasteiger partial charge in [0.1, 0.15) is 19.0 Å². The summed E-state index contributed by atoms with van der Waals surface area (Å²) >= 11 is 0. The predicted molar refractivity (Wildman–Crippen MR) is 282 cm³/mol. The van der Waals surface area contributed by atoms with E-state index in [1.165, 1.54) is 167 Å². The molecule has 0 fully saturated rings. The molecule has 0 amide bonds. The summed E-state index contributed by atoms with van der Waals surface area (Å²) in [4.78, 5) is 40.6. The summed E-state index contributed by atoms with van der Waals surface area (Å²) in [6.45, 7) is 12.8. The summed E-state index contributed by atoms with van der Waals surface area (Å²) in [6, 6.07) is 7.34. The van der Waals surface area contributed by atoms with Crippen LogP contribution >= 0.6 is 21.6 Å². The molecule has 0 aliphatic rings. The molecule has 0 atom stereocenters. The molecule has 1 aromatic carbocycles. The summed E-state index contributed by atoms with van der Waals surface area (Å²) in [5.74, 6) is 1.36. The number of carbonyl (C=O) groups is 3. The molecule has 0 aliphatic heterocycles. The SMILES string of the molecule is CCCCCCCCCCCCCCCCC(CCCCCCCCCCCCCCCC)C(=O)Oc1ccc(CC(=O)OCCSSCCOC(=O)CCCN(CCC)CCC)cc1. The van der Waals surface area contributed by atoms with Crippen LogP contribution in [0.2, 0.25) is 0 Å². The molecule has 0 spiro atoms. The molecule has 9 heteroatoms. The average Bonchev–Trinajstić information content (AvgIpc) is 3.30. The van der Waals surface area contributed by atoms with Crippen molar-refractivity contribution in [3.05, 3.63) is 29.8 Å². The first-order chi connectivity index (χ1) is 31.9. The van der Waals surface area contributed by atoms with E-state index in [0.29, 0.717) is 36.9 Å². The average molecular weight is 949 g/mol. The Morgan fingerprint density at radius 2 is 0.846 bits per heavy atom. The molecular formula is C56H101NO6S2. The minimum atomic E-state index is -0.271. The first-order valence-electron chi connectivity index (χ1n) is 27.5. The van der Waals surface area contributed by atoms with E-state index in [1.807, 2.05) is 24.3 Å². The van der Waals surface area contributed by atoms with E-state index in [1.54, 1.807) is 21.6 Å². The van der Waals surface area contributed by atoms with E-state index in [0.717, 1.165) is 70.1 Å². The number of hydrogen-bond donors (Lipinski definition) is 0. The Balaban J connectivity index is 2.36. The summed E-state index contributed by atoms with van der Waals surface area (Å²) < 4.78 is 16.8. The Morgan fingerprint density at radius 1 is 0.462 bits per heavy atom. The molecule has 0 radical (unpaired) electrons. The lowest BCUT2D eigenvalue weighted by atomic mass is 9.94. The second-order valence-corrected chi connectivity index (χ2v) is 21.4. The van der Waals surface area contributed by atoms with Crippen molar-refractivity contribution in [2.75, 3.05) is 44.4 Å². The standard InChI is InChI=1S/C56H101NO6S2/c1-5-9-11-13-15-17-19-21-23-25-27-29-31-33-36-52(37-34-32-30-28-26-24-22-20-18-16-14-12-10-6-2)56(60)63-53-41-39-51(40-42-53)50-55(59)62-47-49-65-64-48-46-61-54(58)38-35-45-57(43-7-3)44-8-4/h39-42,52H,5-38,43-50H2,1-4H3. The van der Waals surface area contributed by atoms with E-state index in [-0.39, 0.29) is 30.2 Å². The maximum Gasteiger partial charge on any atom is 0.314 e. The molecule has 1 aromatic rings. The van der Waals surface area contributed by atoms with Crippen LogP contribution in [0.1, 0.15) is 252 Å². The van der Waals surface area contributed by atoms with Gasteiger partial charge in [0, 0.05) is 17.9 Å². The zero-order valence-electron chi connectivity index (χ0n) is 42.8. The Hall–Kier alpha value is -1.71. The van der Waals surface area contributed by atoms with Gasteiger partial charge in [-0.2, -0.15) is 0 Å². The molecule has 0 N–H and O–H groups in total. The zero-order chi connectivity index (χ0) is 47.1. The van der Waals surface area contributed by atoms with Crippen LogP contribution in [0, 0.1) is 5.92 Å². The largest absolute Gasteiger partial charge is 0.465 e. The highest BCUT2D eigenvalue weighted by Crippen LogP contribution is 2.24. The topological polar surface area (TPSA) is 82.1 Å². The van der Waals surface area contributed by atoms with E-state index < -0.39 is 0 Å². The highest BCUT2D eigenvalue weighted by Gasteiger charge is 2.20. The van der Waals surface area contributed by atoms with Crippen LogP contribution in [-0.2, 0) is 30.3 Å². The van der Waals surface area contributed by atoms with Gasteiger partial charge in [0.25, 0.3) is 0 Å². The number of esters is 3. The molecule has 65 heavy (non-hydrogen) atoms. The van der Waals surface area contributed by atoms with Gasteiger partial charge < -0.3 is 19.1 Å². The molecule has 378 valence electrons. The van der Waals surface area contributed by atoms with Crippen LogP contribution < -0.4 is 4.74 Å². The fourth-order valence-electron chi connectivity index (χ4n) is 8.63. The summed E-state index contributed by atoms with van der Waals surface area (Å²) in [5, 5.41) is 0. The fourth-order valence-corrected chi connectivity index (χ4v) is 10.3. The summed E-state index contributed by atoms with van der Waals surface area (Å²) in [7, 11) is 3.24. The monoisotopic (exact) mass is 948 g/mol. The summed E-state index contributed by atoms with van der Waals surface area (Å²) in [5.41, 5.74) is 0.837. The molecule has 0 saturated heterocycles. The molecular weight excluding hydrogens is 847 g/mol. The third-order valence-electron chi connectivity index (χ3n) is 12.5. The molecule has 0 unspecified atom stereocenters. The molecule has 0 bridgehead atoms. The maximum absolute atomic E-state index is 13.5. The third-order valence-corrected chi connectivity index (χ3v) is 14.8. The van der Waals surface area contributed by atoms with Crippen molar-refractivity contribution in [3.8, 4) is 5.75 Å². The van der Waals surface area contributed by atoms with Crippen LogP contribution in [-0.4, -0.2) is 67.2 Å². The van der Waals surface area contributed by atoms with Gasteiger partial charge >= 0.3 is 17.9 Å². The highest BCUT2D eigenvalue weighted by molar-refractivity contribution is 8.76. The first kappa shape index (κ1) is 61.3. The fraction of sp³-hybridized carbons (Fsp3) is 0.839. The van der Waals surface area contributed by atoms with E-state index in [9.17, 15) is 14.4 Å². The van der Waals surface area contributed by atoms with Crippen LogP contribution in [0.25, 0.3) is 0 Å². The smallest absolute Gasteiger partial charge is 0.314 e. The Labute approximate surface area is 409 Å². The van der Waals surface area contributed by atoms with Gasteiger partial charge in [0.2, 0.25) is 0 Å². The van der Waals surface area contributed by atoms with Crippen LogP contribution in [0.4, 0.5) is 0 Å². The number of benzene rings is 1. The van der Waals surface area contributed by atoms with Crippen LogP contribution in [0.15, 0.2) is 24.3 Å². The van der Waals surface area contributed by atoms with E-state index in [2.05, 4.69) is 32.6 Å². The zero-order valence-corrected chi connectivity index (χ0v) is 44.4. The normalized spacial score (nSPS) is 11.5. The van der Waals surface area contributed by atoms with Crippen molar-refractivity contribution in [1.82, 2.24) is 4.90 Å². The van der Waals surface area contributed by atoms with Gasteiger partial charge in [0.15, 0.2) is 0 Å². The van der Waals surface area contributed by atoms with E-state index >= 15 is 0 Å². The van der Waals surface area contributed by atoms with Crippen molar-refractivity contribution in [2.24, 2.45) is 5.92 Å². The maximum atomic E-state index is 13.5. The second-order valence-electron chi connectivity index (χ2n) is 18.7. The lowest BCUT2D eigenvalue weighted by Crippen LogP contribution is -2.27. The Bertz CT molecular complexity index is 1180. The molecule has 7 nitrogen and oxygen atoms in total. The Morgan fingerprint density at radius 3 is 1.25 bits per heavy atom. The van der Waals surface area contributed by atoms with Gasteiger partial charge in [0.05, 0.1) is 12.3 Å². The lowest BCUT2D eigenvalue weighted by Gasteiger charge is -2.20. The molecule has 1 rings (SSSR count). The molecule has 0 aliphatic carbocycles. The predicted octanol–water partition coefficient (Wildman–Crippen LogP) is 16.9. The van der Waals surface area contributed by atoms with Gasteiger partial charge in [-0.3, -0.25) is 14.4 Å². The second kappa shape index (κ2) is 47.4. The number of unbranched alkanes of at least 4 members (excludes halogenated alkanes) is 26. The van der Waals surface area contributed by atoms with Crippen molar-refractivity contribution in [2.45, 2.75) is 252 Å². The lowest BCUT2D eigenvalue weighted by molar-refractivity contribution is -0.143. The van der Waals surface area contributed by atoms with Gasteiger partial charge in [-0.05, 0) is 69.4 Å². The summed E-state index contributed by atoms with van der Waals surface area (Å²) in [6.07, 6.45) is 42.9.